The summed E-state index contributed by atoms with van der Waals surface area (Å²) in [6.07, 6.45) is 2.54. The van der Waals surface area contributed by atoms with Crippen LogP contribution in [0, 0.1) is 11.3 Å². The van der Waals surface area contributed by atoms with E-state index in [9.17, 15) is 4.79 Å². The molecule has 0 saturated carbocycles. The van der Waals surface area contributed by atoms with Crippen molar-refractivity contribution < 1.29 is 19.4 Å². The first kappa shape index (κ1) is 13.5. The van der Waals surface area contributed by atoms with E-state index >= 15 is 0 Å². The molecule has 1 aliphatic rings. The van der Waals surface area contributed by atoms with Gasteiger partial charge < -0.3 is 14.6 Å². The van der Waals surface area contributed by atoms with E-state index in [1.54, 1.807) is 13.8 Å². The van der Waals surface area contributed by atoms with Crippen molar-refractivity contribution in [3.8, 4) is 0 Å². The maximum absolute atomic E-state index is 10.8. The molecule has 4 nitrogen and oxygen atoms in total. The molecule has 1 unspecified atom stereocenters. The summed E-state index contributed by atoms with van der Waals surface area (Å²) in [7, 11) is 0. The van der Waals surface area contributed by atoms with Crippen molar-refractivity contribution >= 4 is 5.97 Å². The number of hydrogen-bond donors (Lipinski definition) is 1. The highest BCUT2D eigenvalue weighted by molar-refractivity contribution is 5.73. The predicted molar refractivity (Wildman–Crippen MR) is 60.4 cm³/mol. The molecule has 0 aromatic heterocycles. The van der Waals surface area contributed by atoms with E-state index in [0.29, 0.717) is 18.9 Å². The van der Waals surface area contributed by atoms with Crippen LogP contribution in [0.1, 0.15) is 33.1 Å². The smallest absolute Gasteiger partial charge is 0.309 e. The van der Waals surface area contributed by atoms with Crippen molar-refractivity contribution in [3.05, 3.63) is 0 Å². The molecule has 0 aromatic carbocycles. The fourth-order valence-corrected chi connectivity index (χ4v) is 1.69. The molecule has 0 aliphatic carbocycles. The highest BCUT2D eigenvalue weighted by Gasteiger charge is 2.26. The van der Waals surface area contributed by atoms with Crippen molar-refractivity contribution in [3.63, 3.8) is 0 Å². The van der Waals surface area contributed by atoms with Crippen LogP contribution in [0.2, 0.25) is 0 Å². The fraction of sp³-hybridized carbons (Fsp3) is 0.917. The van der Waals surface area contributed by atoms with Crippen LogP contribution in [0.25, 0.3) is 0 Å². The SMILES string of the molecule is CC(C)(CCCOCC1CCOC1)C(=O)O. The Labute approximate surface area is 96.9 Å². The Hall–Kier alpha value is -0.610. The second-order valence-electron chi connectivity index (χ2n) is 5.10. The van der Waals surface area contributed by atoms with Gasteiger partial charge in [-0.1, -0.05) is 0 Å². The van der Waals surface area contributed by atoms with E-state index in [1.807, 2.05) is 0 Å². The number of rotatable bonds is 7. The Morgan fingerprint density at radius 1 is 1.56 bits per heavy atom. The van der Waals surface area contributed by atoms with Crippen molar-refractivity contribution in [1.82, 2.24) is 0 Å². The molecule has 1 heterocycles. The standard InChI is InChI=1S/C12H22O4/c1-12(2,11(13)14)5-3-6-15-8-10-4-7-16-9-10/h10H,3-9H2,1-2H3,(H,13,14). The minimum Gasteiger partial charge on any atom is -0.481 e. The number of ether oxygens (including phenoxy) is 2. The molecule has 1 fully saturated rings. The Balaban J connectivity index is 2.01. The van der Waals surface area contributed by atoms with Gasteiger partial charge in [-0.15, -0.1) is 0 Å². The molecular weight excluding hydrogens is 208 g/mol. The van der Waals surface area contributed by atoms with Gasteiger partial charge in [0.1, 0.15) is 0 Å². The minimum atomic E-state index is -0.739. The summed E-state index contributed by atoms with van der Waals surface area (Å²) in [5.74, 6) is -0.204. The van der Waals surface area contributed by atoms with E-state index in [2.05, 4.69) is 0 Å². The number of hydrogen-bond acceptors (Lipinski definition) is 3. The molecule has 16 heavy (non-hydrogen) atoms. The van der Waals surface area contributed by atoms with Crippen molar-refractivity contribution in [1.29, 1.82) is 0 Å². The quantitative estimate of drug-likeness (QED) is 0.679. The number of carbonyl (C=O) groups is 1. The van der Waals surface area contributed by atoms with Gasteiger partial charge in [0, 0.05) is 19.1 Å². The van der Waals surface area contributed by atoms with E-state index in [0.717, 1.165) is 32.7 Å². The lowest BCUT2D eigenvalue weighted by molar-refractivity contribution is -0.147. The molecule has 0 radical (unpaired) electrons. The summed E-state index contributed by atoms with van der Waals surface area (Å²) in [4.78, 5) is 10.8. The van der Waals surface area contributed by atoms with Gasteiger partial charge in [0.25, 0.3) is 0 Å². The third-order valence-electron chi connectivity index (χ3n) is 3.05. The molecule has 1 aliphatic heterocycles. The molecule has 4 heteroatoms. The highest BCUT2D eigenvalue weighted by atomic mass is 16.5. The van der Waals surface area contributed by atoms with Gasteiger partial charge in [-0.3, -0.25) is 4.79 Å². The summed E-state index contributed by atoms with van der Waals surface area (Å²) in [6.45, 7) is 6.54. The number of carboxylic acids is 1. The lowest BCUT2D eigenvalue weighted by Crippen LogP contribution is -2.24. The van der Waals surface area contributed by atoms with Gasteiger partial charge in [-0.2, -0.15) is 0 Å². The van der Waals surface area contributed by atoms with Gasteiger partial charge in [0.05, 0.1) is 18.6 Å². The topological polar surface area (TPSA) is 55.8 Å². The first-order valence-corrected chi connectivity index (χ1v) is 5.91. The van der Waals surface area contributed by atoms with Crippen molar-refractivity contribution in [2.45, 2.75) is 33.1 Å². The lowest BCUT2D eigenvalue weighted by Gasteiger charge is -2.18. The average molecular weight is 230 g/mol. The summed E-state index contributed by atoms with van der Waals surface area (Å²) in [5.41, 5.74) is -0.639. The van der Waals surface area contributed by atoms with E-state index in [-0.39, 0.29) is 0 Å². The molecule has 0 bridgehead atoms. The predicted octanol–water partition coefficient (Wildman–Crippen LogP) is 1.93. The third-order valence-corrected chi connectivity index (χ3v) is 3.05. The molecule has 94 valence electrons. The Morgan fingerprint density at radius 2 is 2.31 bits per heavy atom. The fourth-order valence-electron chi connectivity index (χ4n) is 1.69. The Bertz CT molecular complexity index is 219. The maximum Gasteiger partial charge on any atom is 0.309 e. The summed E-state index contributed by atoms with van der Waals surface area (Å²) in [5, 5.41) is 8.91. The molecule has 1 saturated heterocycles. The van der Waals surface area contributed by atoms with E-state index < -0.39 is 11.4 Å². The molecule has 0 aromatic rings. The van der Waals surface area contributed by atoms with Crippen LogP contribution in [-0.2, 0) is 14.3 Å². The van der Waals surface area contributed by atoms with Gasteiger partial charge in [0.2, 0.25) is 0 Å². The van der Waals surface area contributed by atoms with Gasteiger partial charge in [-0.05, 0) is 33.1 Å². The zero-order chi connectivity index (χ0) is 12.0. The second kappa shape index (κ2) is 6.21. The zero-order valence-electron chi connectivity index (χ0n) is 10.2. The lowest BCUT2D eigenvalue weighted by atomic mass is 9.88. The number of carboxylic acid groups (broad SMARTS) is 1. The van der Waals surface area contributed by atoms with E-state index in [1.165, 1.54) is 0 Å². The largest absolute Gasteiger partial charge is 0.481 e. The number of aliphatic carboxylic acids is 1. The Morgan fingerprint density at radius 3 is 2.88 bits per heavy atom. The molecule has 1 N–H and O–H groups in total. The van der Waals surface area contributed by atoms with Crippen LogP contribution in [0.5, 0.6) is 0 Å². The Kier molecular flexibility index (Phi) is 5.22. The van der Waals surface area contributed by atoms with Crippen molar-refractivity contribution in [2.24, 2.45) is 11.3 Å². The molecule has 0 spiro atoms. The van der Waals surface area contributed by atoms with Gasteiger partial charge >= 0.3 is 5.97 Å². The average Bonchev–Trinajstić information content (AvgIpc) is 2.69. The molecule has 0 amide bonds. The second-order valence-corrected chi connectivity index (χ2v) is 5.10. The van der Waals surface area contributed by atoms with Gasteiger partial charge in [-0.25, -0.2) is 0 Å². The van der Waals surface area contributed by atoms with E-state index in [4.69, 9.17) is 14.6 Å². The zero-order valence-corrected chi connectivity index (χ0v) is 10.2. The molecular formula is C12H22O4. The summed E-state index contributed by atoms with van der Waals surface area (Å²) in [6, 6.07) is 0. The van der Waals surface area contributed by atoms with Crippen molar-refractivity contribution in [2.75, 3.05) is 26.4 Å². The van der Waals surface area contributed by atoms with Crippen LogP contribution in [-0.4, -0.2) is 37.5 Å². The summed E-state index contributed by atoms with van der Waals surface area (Å²) >= 11 is 0. The highest BCUT2D eigenvalue weighted by Crippen LogP contribution is 2.22. The van der Waals surface area contributed by atoms with Crippen LogP contribution in [0.15, 0.2) is 0 Å². The molecule has 1 rings (SSSR count). The first-order chi connectivity index (χ1) is 7.52. The monoisotopic (exact) mass is 230 g/mol. The van der Waals surface area contributed by atoms with Crippen LogP contribution in [0.3, 0.4) is 0 Å². The first-order valence-electron chi connectivity index (χ1n) is 5.91. The van der Waals surface area contributed by atoms with Crippen LogP contribution < -0.4 is 0 Å². The third kappa shape index (κ3) is 4.49. The summed E-state index contributed by atoms with van der Waals surface area (Å²) < 4.78 is 10.8. The van der Waals surface area contributed by atoms with Crippen LogP contribution in [0.4, 0.5) is 0 Å². The normalized spacial score (nSPS) is 21.2. The maximum atomic E-state index is 10.8. The van der Waals surface area contributed by atoms with Gasteiger partial charge in [0.15, 0.2) is 0 Å². The molecule has 1 atom stereocenters. The minimum absolute atomic E-state index is 0.535. The van der Waals surface area contributed by atoms with Crippen LogP contribution >= 0.6 is 0 Å².